The highest BCUT2D eigenvalue weighted by atomic mass is 35.5. The van der Waals surface area contributed by atoms with Crippen LogP contribution in [0.1, 0.15) is 24.6 Å². The van der Waals surface area contributed by atoms with Gasteiger partial charge in [-0.1, -0.05) is 0 Å². The summed E-state index contributed by atoms with van der Waals surface area (Å²) >= 11 is 0. The standard InChI is InChI=1S/C18H23FN4O2.ClH/c1-23-18(15-6-8-24-9-7-15)21-17(22-23)14-2-4-16(5-3-14)25-12-13(10-19)11-20;/h2-5,10,15H,6-9,11-12,20H2,1H3;1H/p+1/b13-10+;. The number of rotatable bonds is 6. The molecule has 8 heteroatoms. The predicted molar refractivity (Wildman–Crippen MR) is 99.0 cm³/mol. The number of H-pyrrole nitrogens is 1. The largest absolute Gasteiger partial charge is 0.489 e. The van der Waals surface area contributed by atoms with Crippen molar-refractivity contribution >= 4 is 12.4 Å². The monoisotopic (exact) mass is 383 g/mol. The van der Waals surface area contributed by atoms with Crippen LogP contribution in [-0.4, -0.2) is 36.4 Å². The number of ether oxygens (including phenoxy) is 2. The van der Waals surface area contributed by atoms with E-state index in [-0.39, 0.29) is 25.6 Å². The number of aromatic nitrogens is 3. The van der Waals surface area contributed by atoms with Gasteiger partial charge in [0.15, 0.2) is 0 Å². The fourth-order valence-corrected chi connectivity index (χ4v) is 2.90. The zero-order valence-electron chi connectivity index (χ0n) is 14.8. The van der Waals surface area contributed by atoms with Gasteiger partial charge in [-0.15, -0.1) is 12.4 Å². The minimum Gasteiger partial charge on any atom is -0.489 e. The number of aryl methyl sites for hydroxylation is 1. The second kappa shape index (κ2) is 9.66. The summed E-state index contributed by atoms with van der Waals surface area (Å²) in [4.78, 5) is 4.77. The van der Waals surface area contributed by atoms with E-state index in [1.807, 2.05) is 36.0 Å². The Morgan fingerprint density at radius 1 is 1.38 bits per heavy atom. The lowest BCUT2D eigenvalue weighted by Gasteiger charge is -2.16. The quantitative estimate of drug-likeness (QED) is 0.751. The molecule has 1 saturated heterocycles. The van der Waals surface area contributed by atoms with Gasteiger partial charge in [0.25, 0.3) is 5.82 Å². The van der Waals surface area contributed by atoms with Crippen LogP contribution >= 0.6 is 12.4 Å². The summed E-state index contributed by atoms with van der Waals surface area (Å²) in [5.41, 5.74) is 6.81. The third-order valence-corrected chi connectivity index (χ3v) is 4.40. The minimum absolute atomic E-state index is 0. The number of halogens is 2. The molecule has 1 aromatic heterocycles. The van der Waals surface area contributed by atoms with Crippen molar-refractivity contribution in [2.24, 2.45) is 12.8 Å². The molecule has 3 rings (SSSR count). The van der Waals surface area contributed by atoms with E-state index in [0.29, 0.717) is 23.6 Å². The Morgan fingerprint density at radius 3 is 2.69 bits per heavy atom. The first-order valence-electron chi connectivity index (χ1n) is 8.46. The van der Waals surface area contributed by atoms with Crippen molar-refractivity contribution in [1.29, 1.82) is 0 Å². The molecule has 0 aliphatic carbocycles. The van der Waals surface area contributed by atoms with Gasteiger partial charge in [-0.05, 0) is 42.1 Å². The SMILES string of the molecule is C[n+]1[nH]c(-c2ccc(OC/C(=C/F)CN)cc2)nc1C1CCOCC1.Cl. The molecule has 1 aliphatic rings. The molecule has 0 saturated carbocycles. The Balaban J connectivity index is 0.00000243. The van der Waals surface area contributed by atoms with Gasteiger partial charge in [0, 0.05) is 30.9 Å². The average molecular weight is 384 g/mol. The zero-order chi connectivity index (χ0) is 17.6. The Hall–Kier alpha value is -1.96. The van der Waals surface area contributed by atoms with E-state index in [0.717, 1.165) is 43.3 Å². The molecule has 1 aromatic carbocycles. The zero-order valence-corrected chi connectivity index (χ0v) is 15.6. The molecule has 2 aromatic rings. The van der Waals surface area contributed by atoms with Crippen LogP contribution in [-0.2, 0) is 11.8 Å². The summed E-state index contributed by atoms with van der Waals surface area (Å²) in [6.07, 6.45) is 2.49. The highest BCUT2D eigenvalue weighted by Crippen LogP contribution is 2.25. The summed E-state index contributed by atoms with van der Waals surface area (Å²) in [5.74, 6) is 2.96. The van der Waals surface area contributed by atoms with Crippen LogP contribution in [0.2, 0.25) is 0 Å². The number of benzene rings is 1. The van der Waals surface area contributed by atoms with Crippen molar-refractivity contribution < 1.29 is 18.5 Å². The van der Waals surface area contributed by atoms with Crippen LogP contribution in [0.15, 0.2) is 36.2 Å². The van der Waals surface area contributed by atoms with Crippen LogP contribution < -0.4 is 15.2 Å². The van der Waals surface area contributed by atoms with Gasteiger partial charge in [0.05, 0.1) is 12.2 Å². The molecule has 0 spiro atoms. The Bertz CT molecular complexity index is 727. The highest BCUT2D eigenvalue weighted by Gasteiger charge is 2.29. The lowest BCUT2D eigenvalue weighted by Crippen LogP contribution is -2.37. The number of hydrogen-bond acceptors (Lipinski definition) is 4. The maximum atomic E-state index is 12.5. The minimum atomic E-state index is 0. The van der Waals surface area contributed by atoms with Gasteiger partial charge in [-0.25, -0.2) is 4.39 Å². The van der Waals surface area contributed by atoms with Crippen molar-refractivity contribution in [3.63, 3.8) is 0 Å². The van der Waals surface area contributed by atoms with E-state index in [4.69, 9.17) is 20.2 Å². The summed E-state index contributed by atoms with van der Waals surface area (Å²) in [6.45, 7) is 1.87. The molecule has 6 nitrogen and oxygen atoms in total. The molecule has 1 aliphatic heterocycles. The van der Waals surface area contributed by atoms with Crippen molar-refractivity contribution in [3.05, 3.63) is 42.0 Å². The summed E-state index contributed by atoms with van der Waals surface area (Å²) in [5, 5.41) is 3.29. The molecule has 0 unspecified atom stereocenters. The van der Waals surface area contributed by atoms with Crippen molar-refractivity contribution in [2.75, 3.05) is 26.4 Å². The smallest absolute Gasteiger partial charge is 0.322 e. The maximum Gasteiger partial charge on any atom is 0.322 e. The lowest BCUT2D eigenvalue weighted by atomic mass is 9.99. The van der Waals surface area contributed by atoms with Crippen molar-refractivity contribution in [3.8, 4) is 17.1 Å². The fraction of sp³-hybridized carbons (Fsp3) is 0.444. The van der Waals surface area contributed by atoms with E-state index >= 15 is 0 Å². The van der Waals surface area contributed by atoms with Gasteiger partial charge in [-0.2, -0.15) is 9.78 Å². The van der Waals surface area contributed by atoms with Gasteiger partial charge in [0.2, 0.25) is 0 Å². The van der Waals surface area contributed by atoms with Crippen LogP contribution in [0.4, 0.5) is 4.39 Å². The molecule has 26 heavy (non-hydrogen) atoms. The molecule has 0 atom stereocenters. The van der Waals surface area contributed by atoms with E-state index in [2.05, 4.69) is 5.10 Å². The summed E-state index contributed by atoms with van der Waals surface area (Å²) in [6, 6.07) is 7.56. The molecule has 1 fully saturated rings. The molecular weight excluding hydrogens is 359 g/mol. The second-order valence-electron chi connectivity index (χ2n) is 6.16. The third kappa shape index (κ3) is 4.81. The van der Waals surface area contributed by atoms with Gasteiger partial charge >= 0.3 is 5.82 Å². The number of nitrogens with two attached hydrogens (primary N) is 1. The Morgan fingerprint density at radius 2 is 2.08 bits per heavy atom. The van der Waals surface area contributed by atoms with E-state index in [1.54, 1.807) is 0 Å². The van der Waals surface area contributed by atoms with Crippen LogP contribution in [0, 0.1) is 0 Å². The van der Waals surface area contributed by atoms with Crippen molar-refractivity contribution in [1.82, 2.24) is 10.1 Å². The van der Waals surface area contributed by atoms with Gasteiger partial charge in [-0.3, -0.25) is 0 Å². The van der Waals surface area contributed by atoms with Gasteiger partial charge in [0.1, 0.15) is 19.4 Å². The predicted octanol–water partition coefficient (Wildman–Crippen LogP) is 2.41. The van der Waals surface area contributed by atoms with E-state index in [9.17, 15) is 4.39 Å². The first-order chi connectivity index (χ1) is 12.2. The molecule has 2 heterocycles. The number of nitrogens with zero attached hydrogens (tertiary/aromatic N) is 2. The molecule has 0 bridgehead atoms. The topological polar surface area (TPSA) is 77.0 Å². The molecule has 3 N–H and O–H groups in total. The molecule has 0 radical (unpaired) electrons. The first-order valence-corrected chi connectivity index (χ1v) is 8.46. The fourth-order valence-electron chi connectivity index (χ4n) is 2.90. The summed E-state index contributed by atoms with van der Waals surface area (Å²) in [7, 11) is 1.98. The van der Waals surface area contributed by atoms with E-state index in [1.165, 1.54) is 0 Å². The molecular formula is C18H25ClFN4O2+. The second-order valence-corrected chi connectivity index (χ2v) is 6.16. The average Bonchev–Trinajstić information content (AvgIpc) is 3.05. The Kier molecular flexibility index (Phi) is 7.56. The number of hydrogen-bond donors (Lipinski definition) is 2. The molecule has 0 amide bonds. The first kappa shape index (κ1) is 20.4. The third-order valence-electron chi connectivity index (χ3n) is 4.40. The normalized spacial score (nSPS) is 15.6. The number of aromatic amines is 1. The van der Waals surface area contributed by atoms with Crippen LogP contribution in [0.3, 0.4) is 0 Å². The lowest BCUT2D eigenvalue weighted by molar-refractivity contribution is -0.735. The van der Waals surface area contributed by atoms with Crippen molar-refractivity contribution in [2.45, 2.75) is 18.8 Å². The molecule has 142 valence electrons. The van der Waals surface area contributed by atoms with Crippen LogP contribution in [0.25, 0.3) is 11.4 Å². The van der Waals surface area contributed by atoms with E-state index < -0.39 is 0 Å². The van der Waals surface area contributed by atoms with Gasteiger partial charge < -0.3 is 15.2 Å². The van der Waals surface area contributed by atoms with Crippen LogP contribution in [0.5, 0.6) is 5.75 Å². The maximum absolute atomic E-state index is 12.5. The summed E-state index contributed by atoms with van der Waals surface area (Å²) < 4.78 is 25.4. The Labute approximate surface area is 158 Å². The highest BCUT2D eigenvalue weighted by molar-refractivity contribution is 5.85. The number of nitrogens with one attached hydrogen (secondary N) is 1.